The molecule has 0 aromatic carbocycles. The Morgan fingerprint density at radius 3 is 2.80 bits per heavy atom. The number of hydrogen-bond donors (Lipinski definition) is 3. The highest BCUT2D eigenvalue weighted by Gasteiger charge is 2.54. The number of aromatic nitrogens is 4. The minimum atomic E-state index is -1.20. The fraction of sp³-hybridized carbons (Fsp3) is 0.375. The second-order valence-electron chi connectivity index (χ2n) is 6.47. The van der Waals surface area contributed by atoms with Gasteiger partial charge in [-0.1, -0.05) is 0 Å². The van der Waals surface area contributed by atoms with Crippen molar-refractivity contribution in [1.29, 1.82) is 0 Å². The van der Waals surface area contributed by atoms with E-state index in [0.717, 1.165) is 21.5 Å². The average Bonchev–Trinajstić information content (AvgIpc) is 3.34. The van der Waals surface area contributed by atoms with Gasteiger partial charge < -0.3 is 16.2 Å². The van der Waals surface area contributed by atoms with E-state index in [2.05, 4.69) is 20.8 Å². The Morgan fingerprint density at radius 2 is 2.17 bits per heavy atom. The molecule has 4 heterocycles. The zero-order valence-electron chi connectivity index (χ0n) is 15.6. The number of fused-ring (bicyclic) bond motifs is 1. The highest BCUT2D eigenvalue weighted by Crippen LogP contribution is 2.44. The molecule has 30 heavy (non-hydrogen) atoms. The van der Waals surface area contributed by atoms with E-state index in [0.29, 0.717) is 22.4 Å². The lowest BCUT2D eigenvalue weighted by Gasteiger charge is -2.49. The molecule has 0 saturated carbocycles. The van der Waals surface area contributed by atoms with Crippen LogP contribution < -0.4 is 11.1 Å². The maximum atomic E-state index is 12.7. The molecule has 4 N–H and O–H groups in total. The summed E-state index contributed by atoms with van der Waals surface area (Å²) >= 11 is 3.96. The first-order valence-corrected chi connectivity index (χ1v) is 11.5. The first-order chi connectivity index (χ1) is 14.4. The van der Waals surface area contributed by atoms with E-state index in [-0.39, 0.29) is 18.0 Å². The van der Waals surface area contributed by atoms with E-state index in [1.165, 1.54) is 32.7 Å². The Labute approximate surface area is 183 Å². The maximum Gasteiger partial charge on any atom is 0.353 e. The Bertz CT molecular complexity index is 1050. The zero-order valence-corrected chi connectivity index (χ0v) is 18.1. The molecule has 0 radical (unpaired) electrons. The van der Waals surface area contributed by atoms with Gasteiger partial charge in [-0.25, -0.2) is 9.48 Å². The lowest BCUT2D eigenvalue weighted by atomic mass is 10.0. The summed E-state index contributed by atoms with van der Waals surface area (Å²) < 4.78 is 1.43. The Hall–Kier alpha value is -2.42. The van der Waals surface area contributed by atoms with Crippen molar-refractivity contribution in [3.05, 3.63) is 32.5 Å². The second-order valence-corrected chi connectivity index (χ2v) is 9.89. The summed E-state index contributed by atoms with van der Waals surface area (Å²) in [5.41, 5.74) is 5.50. The number of hydrogen-bond acceptors (Lipinski definition) is 10. The fourth-order valence-corrected chi connectivity index (χ4v) is 6.38. The maximum absolute atomic E-state index is 12.7. The number of tetrazole rings is 1. The van der Waals surface area contributed by atoms with E-state index in [4.69, 9.17) is 5.73 Å². The zero-order chi connectivity index (χ0) is 21.4. The van der Waals surface area contributed by atoms with Gasteiger partial charge in [-0.2, -0.15) is 0 Å². The molecule has 1 fully saturated rings. The third-order valence-electron chi connectivity index (χ3n) is 4.50. The Kier molecular flexibility index (Phi) is 5.81. The van der Waals surface area contributed by atoms with Crippen LogP contribution in [0.25, 0.3) is 0 Å². The molecule has 1 saturated heterocycles. The summed E-state index contributed by atoms with van der Waals surface area (Å²) in [6.45, 7) is 0.413. The molecule has 158 valence electrons. The number of carbonyl (C=O) groups is 3. The number of β-lactam (4-membered cyclic amide) rings is 1. The van der Waals surface area contributed by atoms with Crippen molar-refractivity contribution < 1.29 is 19.5 Å². The van der Waals surface area contributed by atoms with Gasteiger partial charge in [-0.15, -0.1) is 28.2 Å². The minimum absolute atomic E-state index is 0.0897. The summed E-state index contributed by atoms with van der Waals surface area (Å²) in [6.07, 6.45) is 0.147. The number of carbonyl (C=O) groups excluding carboxylic acids is 2. The summed E-state index contributed by atoms with van der Waals surface area (Å²) in [6, 6.07) is 2.96. The molecule has 2 atom stereocenters. The summed E-state index contributed by atoms with van der Waals surface area (Å²) in [4.78, 5) is 40.5. The third kappa shape index (κ3) is 3.82. The standard InChI is InChI=1S/C16H17N7O4S3/c1-22-16(19-20-21-22)30-9-6-28-14-11(13(25)23(14)12(9)15(26)27)18-10(24)4-7-2-3-8(5-17)29-7/h2-3,11,14H,4-6,17H2,1H3,(H,18,24)(H,26,27)/t11-,14-/m1/s1. The number of aryl methyl sites for hydroxylation is 1. The topological polar surface area (TPSA) is 156 Å². The van der Waals surface area contributed by atoms with Crippen molar-refractivity contribution in [2.75, 3.05) is 5.75 Å². The first-order valence-electron chi connectivity index (χ1n) is 8.77. The van der Waals surface area contributed by atoms with Crippen LogP contribution in [0.4, 0.5) is 0 Å². The van der Waals surface area contributed by atoms with Gasteiger partial charge in [0.25, 0.3) is 5.91 Å². The molecule has 2 aromatic rings. The van der Waals surface area contributed by atoms with E-state index in [1.54, 1.807) is 7.05 Å². The third-order valence-corrected chi connectivity index (χ3v) is 8.18. The molecule has 0 spiro atoms. The van der Waals surface area contributed by atoms with Crippen LogP contribution >= 0.6 is 34.9 Å². The number of thioether (sulfide) groups is 2. The van der Waals surface area contributed by atoms with Crippen LogP contribution in [0, 0.1) is 0 Å². The normalized spacial score (nSPS) is 20.7. The van der Waals surface area contributed by atoms with Crippen LogP contribution in [0.2, 0.25) is 0 Å². The summed E-state index contributed by atoms with van der Waals surface area (Å²) in [5.74, 6) is -1.57. The molecule has 11 nitrogen and oxygen atoms in total. The van der Waals surface area contributed by atoms with Crippen LogP contribution in [-0.2, 0) is 34.4 Å². The van der Waals surface area contributed by atoms with E-state index in [1.807, 2.05) is 12.1 Å². The van der Waals surface area contributed by atoms with E-state index < -0.39 is 23.3 Å². The smallest absolute Gasteiger partial charge is 0.353 e. The quantitative estimate of drug-likeness (QED) is 0.464. The molecule has 0 bridgehead atoms. The second kappa shape index (κ2) is 8.37. The van der Waals surface area contributed by atoms with Crippen molar-refractivity contribution in [1.82, 2.24) is 30.4 Å². The number of amides is 2. The number of carboxylic acids is 1. The van der Waals surface area contributed by atoms with Crippen LogP contribution in [0.1, 0.15) is 9.75 Å². The summed E-state index contributed by atoms with van der Waals surface area (Å²) in [7, 11) is 1.65. The predicted molar refractivity (Wildman–Crippen MR) is 110 cm³/mol. The van der Waals surface area contributed by atoms with Gasteiger partial charge in [0.15, 0.2) is 0 Å². The molecule has 0 unspecified atom stereocenters. The van der Waals surface area contributed by atoms with Gasteiger partial charge in [-0.3, -0.25) is 14.5 Å². The number of nitrogens with one attached hydrogen (secondary N) is 1. The van der Waals surface area contributed by atoms with Gasteiger partial charge in [-0.05, 0) is 34.3 Å². The number of rotatable bonds is 7. The molecule has 4 rings (SSSR count). The molecule has 0 aliphatic carbocycles. The number of nitrogens with two attached hydrogens (primary N) is 1. The molecule has 2 aliphatic rings. The molecule has 2 aromatic heterocycles. The van der Waals surface area contributed by atoms with Crippen molar-refractivity contribution >= 4 is 52.6 Å². The Balaban J connectivity index is 1.46. The average molecular weight is 468 g/mol. The Morgan fingerprint density at radius 1 is 1.40 bits per heavy atom. The van der Waals surface area contributed by atoms with Gasteiger partial charge in [0.05, 0.1) is 6.42 Å². The lowest BCUT2D eigenvalue weighted by Crippen LogP contribution is -2.70. The van der Waals surface area contributed by atoms with Crippen LogP contribution in [-0.4, -0.2) is 65.2 Å². The minimum Gasteiger partial charge on any atom is -0.477 e. The highest BCUT2D eigenvalue weighted by molar-refractivity contribution is 8.06. The molecular formula is C16H17N7O4S3. The molecular weight excluding hydrogens is 450 g/mol. The molecule has 2 amide bonds. The number of nitrogens with zero attached hydrogens (tertiary/aromatic N) is 5. The number of thiophene rings is 1. The largest absolute Gasteiger partial charge is 0.477 e. The van der Waals surface area contributed by atoms with Crippen molar-refractivity contribution in [2.24, 2.45) is 12.8 Å². The highest BCUT2D eigenvalue weighted by atomic mass is 32.2. The fourth-order valence-electron chi connectivity index (χ4n) is 3.10. The van der Waals surface area contributed by atoms with Gasteiger partial charge in [0.1, 0.15) is 17.1 Å². The van der Waals surface area contributed by atoms with Crippen LogP contribution in [0.5, 0.6) is 0 Å². The van der Waals surface area contributed by atoms with Crippen LogP contribution in [0.15, 0.2) is 27.9 Å². The van der Waals surface area contributed by atoms with E-state index >= 15 is 0 Å². The first kappa shape index (κ1) is 20.8. The van der Waals surface area contributed by atoms with Crippen molar-refractivity contribution in [2.45, 2.75) is 29.5 Å². The monoisotopic (exact) mass is 467 g/mol. The van der Waals surface area contributed by atoms with Gasteiger partial charge >= 0.3 is 5.97 Å². The van der Waals surface area contributed by atoms with E-state index in [9.17, 15) is 19.5 Å². The molecule has 14 heteroatoms. The van der Waals surface area contributed by atoms with Crippen molar-refractivity contribution in [3.63, 3.8) is 0 Å². The number of aliphatic carboxylic acids is 1. The summed E-state index contributed by atoms with van der Waals surface area (Å²) in [5, 5.41) is 23.5. The van der Waals surface area contributed by atoms with Crippen molar-refractivity contribution in [3.8, 4) is 0 Å². The van der Waals surface area contributed by atoms with Gasteiger partial charge in [0.2, 0.25) is 11.1 Å². The van der Waals surface area contributed by atoms with Crippen LogP contribution in [0.3, 0.4) is 0 Å². The number of carboxylic acid groups (broad SMARTS) is 1. The molecule has 2 aliphatic heterocycles. The lowest BCUT2D eigenvalue weighted by molar-refractivity contribution is -0.150. The van der Waals surface area contributed by atoms with Gasteiger partial charge in [0, 0.05) is 34.0 Å². The SMILES string of the molecule is Cn1nnnc1SC1=C(C(=O)O)N2C(=O)[C@@H](NC(=O)Cc3ccc(CN)s3)[C@H]2SC1. The predicted octanol–water partition coefficient (Wildman–Crippen LogP) is -0.239.